The van der Waals surface area contributed by atoms with Gasteiger partial charge in [0.05, 0.1) is 24.7 Å². The fourth-order valence-electron chi connectivity index (χ4n) is 4.23. The van der Waals surface area contributed by atoms with Crippen LogP contribution in [0.5, 0.6) is 0 Å². The van der Waals surface area contributed by atoms with Gasteiger partial charge in [-0.2, -0.15) is 0 Å². The number of hydrogen-bond donors (Lipinski definition) is 1. The first-order chi connectivity index (χ1) is 13.5. The van der Waals surface area contributed by atoms with Crippen LogP contribution >= 0.6 is 0 Å². The van der Waals surface area contributed by atoms with Crippen LogP contribution in [0, 0.1) is 5.92 Å². The predicted molar refractivity (Wildman–Crippen MR) is 109 cm³/mol. The molecule has 2 amide bonds. The molecule has 2 aliphatic rings. The number of rotatable bonds is 6. The number of hydrogen-bond acceptors (Lipinski definition) is 5. The third-order valence-corrected chi connectivity index (χ3v) is 5.78. The zero-order chi connectivity index (χ0) is 19.9. The fraction of sp³-hybridized carbons (Fsp3) is 0.667. The van der Waals surface area contributed by atoms with Gasteiger partial charge in [0.25, 0.3) is 0 Å². The van der Waals surface area contributed by atoms with Gasteiger partial charge < -0.3 is 15.1 Å². The van der Waals surface area contributed by atoms with Crippen LogP contribution < -0.4 is 5.32 Å². The quantitative estimate of drug-likeness (QED) is 0.788. The molecule has 28 heavy (non-hydrogen) atoms. The molecule has 154 valence electrons. The number of carbonyl (C=O) groups is 2. The Bertz CT molecular complexity index is 643. The second kappa shape index (κ2) is 9.98. The van der Waals surface area contributed by atoms with E-state index >= 15 is 0 Å². The molecule has 0 bridgehead atoms. The summed E-state index contributed by atoms with van der Waals surface area (Å²) < 4.78 is 0. The van der Waals surface area contributed by atoms with Crippen molar-refractivity contribution in [2.75, 3.05) is 46.8 Å². The first kappa shape index (κ1) is 20.7. The molecule has 1 unspecified atom stereocenters. The summed E-state index contributed by atoms with van der Waals surface area (Å²) in [6.07, 6.45) is 5.76. The summed E-state index contributed by atoms with van der Waals surface area (Å²) in [7, 11) is 3.86. The Morgan fingerprint density at radius 2 is 1.96 bits per heavy atom. The third-order valence-electron chi connectivity index (χ3n) is 5.78. The van der Waals surface area contributed by atoms with Crippen LogP contribution in [0.4, 0.5) is 0 Å². The summed E-state index contributed by atoms with van der Waals surface area (Å²) in [5, 5.41) is 3.05. The third kappa shape index (κ3) is 5.75. The monoisotopic (exact) mass is 387 g/mol. The lowest BCUT2D eigenvalue weighted by molar-refractivity contribution is -0.133. The van der Waals surface area contributed by atoms with Gasteiger partial charge in [-0.15, -0.1) is 0 Å². The summed E-state index contributed by atoms with van der Waals surface area (Å²) in [6.45, 7) is 4.49. The average Bonchev–Trinajstić information content (AvgIpc) is 2.72. The van der Waals surface area contributed by atoms with E-state index in [1.165, 1.54) is 0 Å². The van der Waals surface area contributed by atoms with Crippen LogP contribution in [0.3, 0.4) is 0 Å². The molecule has 0 spiro atoms. The van der Waals surface area contributed by atoms with E-state index in [4.69, 9.17) is 0 Å². The summed E-state index contributed by atoms with van der Waals surface area (Å²) in [6, 6.07) is 6.23. The molecule has 1 aromatic heterocycles. The van der Waals surface area contributed by atoms with E-state index in [0.29, 0.717) is 19.1 Å². The Morgan fingerprint density at radius 1 is 1.18 bits per heavy atom. The molecular formula is C21H33N5O2. The van der Waals surface area contributed by atoms with Crippen LogP contribution in [0.15, 0.2) is 24.4 Å². The Morgan fingerprint density at radius 3 is 2.64 bits per heavy atom. The highest BCUT2D eigenvalue weighted by Gasteiger charge is 2.32. The van der Waals surface area contributed by atoms with Crippen molar-refractivity contribution in [2.45, 2.75) is 38.3 Å². The second-order valence-electron chi connectivity index (χ2n) is 8.22. The highest BCUT2D eigenvalue weighted by atomic mass is 16.2. The molecule has 0 aliphatic carbocycles. The number of nitrogens with zero attached hydrogens (tertiary/aromatic N) is 4. The Balaban J connectivity index is 1.44. The normalized spacial score (nSPS) is 21.7. The van der Waals surface area contributed by atoms with E-state index in [-0.39, 0.29) is 17.7 Å². The van der Waals surface area contributed by atoms with E-state index in [1.54, 1.807) is 6.20 Å². The van der Waals surface area contributed by atoms with Gasteiger partial charge in [-0.3, -0.25) is 19.5 Å². The lowest BCUT2D eigenvalue weighted by Gasteiger charge is -2.42. The highest BCUT2D eigenvalue weighted by molar-refractivity contribution is 5.79. The number of aromatic nitrogens is 1. The summed E-state index contributed by atoms with van der Waals surface area (Å²) in [5.74, 6) is 0.397. The zero-order valence-electron chi connectivity index (χ0n) is 17.1. The maximum atomic E-state index is 12.6. The Labute approximate surface area is 168 Å². The Hall–Kier alpha value is -1.99. The maximum absolute atomic E-state index is 12.6. The number of piperidine rings is 2. The zero-order valence-corrected chi connectivity index (χ0v) is 17.1. The number of pyridine rings is 1. The van der Waals surface area contributed by atoms with Gasteiger partial charge in [-0.25, -0.2) is 0 Å². The molecule has 2 aliphatic heterocycles. The van der Waals surface area contributed by atoms with Crippen molar-refractivity contribution in [3.8, 4) is 0 Å². The van der Waals surface area contributed by atoms with Crippen molar-refractivity contribution < 1.29 is 9.59 Å². The van der Waals surface area contributed by atoms with E-state index < -0.39 is 0 Å². The van der Waals surface area contributed by atoms with Crippen molar-refractivity contribution >= 4 is 11.8 Å². The molecule has 1 N–H and O–H groups in total. The van der Waals surface area contributed by atoms with Crippen molar-refractivity contribution in [1.29, 1.82) is 0 Å². The lowest BCUT2D eigenvalue weighted by Crippen LogP contribution is -2.52. The number of amides is 2. The number of likely N-dealkylation sites (N-methyl/N-ethyl adjacent to an activating group) is 1. The number of nitrogens with one attached hydrogen (secondary N) is 1. The minimum atomic E-state index is 0.0471. The van der Waals surface area contributed by atoms with Gasteiger partial charge in [0.2, 0.25) is 11.8 Å². The standard InChI is InChI=1S/C21H33N5O2/c1-24(2)16-20(27)25-12-8-19(9-13-25)26-11-5-6-17(15-26)21(28)23-14-18-7-3-4-10-22-18/h3-4,7,10,17,19H,5-6,8-9,11-16H2,1-2H3,(H,23,28). The predicted octanol–water partition coefficient (Wildman–Crippen LogP) is 0.962. The van der Waals surface area contributed by atoms with E-state index in [1.807, 2.05) is 42.1 Å². The minimum Gasteiger partial charge on any atom is -0.350 e. The van der Waals surface area contributed by atoms with Crippen LogP contribution in [-0.4, -0.2) is 84.4 Å². The molecule has 3 rings (SSSR count). The van der Waals surface area contributed by atoms with Gasteiger partial charge >= 0.3 is 0 Å². The molecule has 0 saturated carbocycles. The molecule has 1 aromatic rings. The van der Waals surface area contributed by atoms with Gasteiger partial charge in [-0.05, 0) is 58.5 Å². The maximum Gasteiger partial charge on any atom is 0.236 e. The first-order valence-electron chi connectivity index (χ1n) is 10.4. The molecule has 2 fully saturated rings. The fourth-order valence-corrected chi connectivity index (χ4v) is 4.23. The van der Waals surface area contributed by atoms with Crippen LogP contribution in [-0.2, 0) is 16.1 Å². The summed E-state index contributed by atoms with van der Waals surface area (Å²) in [5.41, 5.74) is 0.887. The molecule has 1 atom stereocenters. The topological polar surface area (TPSA) is 68.8 Å². The largest absolute Gasteiger partial charge is 0.350 e. The molecule has 7 heteroatoms. The second-order valence-corrected chi connectivity index (χ2v) is 8.22. The van der Waals surface area contributed by atoms with E-state index in [9.17, 15) is 9.59 Å². The van der Waals surface area contributed by atoms with Crippen molar-refractivity contribution in [3.05, 3.63) is 30.1 Å². The summed E-state index contributed by atoms with van der Waals surface area (Å²) in [4.78, 5) is 35.5. The van der Waals surface area contributed by atoms with Gasteiger partial charge in [0.1, 0.15) is 0 Å². The van der Waals surface area contributed by atoms with Gasteiger partial charge in [0, 0.05) is 31.9 Å². The Kier molecular flexibility index (Phi) is 7.39. The number of carbonyl (C=O) groups excluding carboxylic acids is 2. The highest BCUT2D eigenvalue weighted by Crippen LogP contribution is 2.24. The molecule has 2 saturated heterocycles. The van der Waals surface area contributed by atoms with Crippen LogP contribution in [0.2, 0.25) is 0 Å². The smallest absolute Gasteiger partial charge is 0.236 e. The molecule has 0 aromatic carbocycles. The summed E-state index contributed by atoms with van der Waals surface area (Å²) >= 11 is 0. The van der Waals surface area contributed by atoms with Crippen molar-refractivity contribution in [1.82, 2.24) is 25.0 Å². The van der Waals surface area contributed by atoms with Gasteiger partial charge in [0.15, 0.2) is 0 Å². The van der Waals surface area contributed by atoms with E-state index in [2.05, 4.69) is 15.2 Å². The van der Waals surface area contributed by atoms with Gasteiger partial charge in [-0.1, -0.05) is 6.07 Å². The first-order valence-corrected chi connectivity index (χ1v) is 10.4. The minimum absolute atomic E-state index is 0.0471. The molecule has 0 radical (unpaired) electrons. The number of likely N-dealkylation sites (tertiary alicyclic amines) is 2. The lowest BCUT2D eigenvalue weighted by atomic mass is 9.93. The SMILES string of the molecule is CN(C)CC(=O)N1CCC(N2CCCC(C(=O)NCc3ccccn3)C2)CC1. The average molecular weight is 388 g/mol. The van der Waals surface area contributed by atoms with Crippen molar-refractivity contribution in [3.63, 3.8) is 0 Å². The molecule has 3 heterocycles. The van der Waals surface area contributed by atoms with Crippen LogP contribution in [0.1, 0.15) is 31.4 Å². The molecule has 7 nitrogen and oxygen atoms in total. The van der Waals surface area contributed by atoms with E-state index in [0.717, 1.165) is 57.6 Å². The molecular weight excluding hydrogens is 354 g/mol. The van der Waals surface area contributed by atoms with Crippen molar-refractivity contribution in [2.24, 2.45) is 5.92 Å². The van der Waals surface area contributed by atoms with Crippen LogP contribution in [0.25, 0.3) is 0 Å².